The normalized spacial score (nSPS) is 10.2. The van der Waals surface area contributed by atoms with E-state index in [0.717, 1.165) is 5.56 Å². The van der Waals surface area contributed by atoms with Gasteiger partial charge in [0.2, 0.25) is 0 Å². The zero-order chi connectivity index (χ0) is 9.84. The minimum atomic E-state index is -1.07. The van der Waals surface area contributed by atoms with E-state index in [0.29, 0.717) is 5.82 Å². The van der Waals surface area contributed by atoms with E-state index in [9.17, 15) is 4.79 Å². The van der Waals surface area contributed by atoms with Crippen LogP contribution in [-0.4, -0.2) is 15.7 Å². The molecule has 0 aromatic carbocycles. The molecule has 1 rings (SSSR count). The second-order valence-electron chi connectivity index (χ2n) is 2.51. The van der Waals surface area contributed by atoms with Crippen molar-refractivity contribution < 1.29 is 4.79 Å². The van der Waals surface area contributed by atoms with Crippen LogP contribution in [0.3, 0.4) is 0 Å². The summed E-state index contributed by atoms with van der Waals surface area (Å²) in [7, 11) is 0. The summed E-state index contributed by atoms with van der Waals surface area (Å²) in [4.78, 5) is 13.9. The Bertz CT molecular complexity index is 315. The Balaban J connectivity index is 2.69. The van der Waals surface area contributed by atoms with E-state index in [2.05, 4.69) is 10.3 Å². The summed E-state index contributed by atoms with van der Waals surface area (Å²) < 4.78 is 0. The highest BCUT2D eigenvalue weighted by Crippen LogP contribution is 2.08. The van der Waals surface area contributed by atoms with Gasteiger partial charge in [-0.05, 0) is 24.6 Å². The average molecular weight is 219 g/mol. The van der Waals surface area contributed by atoms with Gasteiger partial charge in [-0.1, -0.05) is 23.2 Å². The van der Waals surface area contributed by atoms with Gasteiger partial charge in [0.25, 0.3) is 5.91 Å². The van der Waals surface area contributed by atoms with Crippen LogP contribution in [0.5, 0.6) is 0 Å². The Hall–Kier alpha value is -0.800. The molecule has 0 saturated heterocycles. The molecule has 0 aliphatic carbocycles. The van der Waals surface area contributed by atoms with E-state index in [1.807, 2.05) is 13.0 Å². The van der Waals surface area contributed by atoms with Crippen LogP contribution in [0.4, 0.5) is 5.82 Å². The molecule has 0 saturated carbocycles. The minimum absolute atomic E-state index is 0.455. The van der Waals surface area contributed by atoms with Crippen LogP contribution < -0.4 is 5.32 Å². The topological polar surface area (TPSA) is 42.0 Å². The summed E-state index contributed by atoms with van der Waals surface area (Å²) in [6.07, 6.45) is 1.60. The average Bonchev–Trinajstić information content (AvgIpc) is 2.04. The van der Waals surface area contributed by atoms with Crippen LogP contribution in [0.25, 0.3) is 0 Å². The van der Waals surface area contributed by atoms with Crippen molar-refractivity contribution in [3.8, 4) is 0 Å². The number of pyridine rings is 1. The number of anilines is 1. The summed E-state index contributed by atoms with van der Waals surface area (Å²) in [6.45, 7) is 1.90. The van der Waals surface area contributed by atoms with Crippen LogP contribution in [0, 0.1) is 6.92 Å². The summed E-state index contributed by atoms with van der Waals surface area (Å²) in [6, 6.07) is 3.56. The minimum Gasteiger partial charge on any atom is -0.308 e. The monoisotopic (exact) mass is 218 g/mol. The first kappa shape index (κ1) is 10.3. The molecular weight excluding hydrogens is 211 g/mol. The number of aromatic nitrogens is 1. The molecule has 0 radical (unpaired) electrons. The van der Waals surface area contributed by atoms with Crippen LogP contribution in [0.1, 0.15) is 5.56 Å². The molecule has 1 heterocycles. The summed E-state index contributed by atoms with van der Waals surface area (Å²) in [5, 5.41) is 2.47. The summed E-state index contributed by atoms with van der Waals surface area (Å²) in [5.74, 6) is -0.0160. The van der Waals surface area contributed by atoms with Crippen LogP contribution in [0.2, 0.25) is 0 Å². The number of rotatable bonds is 2. The van der Waals surface area contributed by atoms with Crippen molar-refractivity contribution in [3.05, 3.63) is 23.9 Å². The molecular formula is C8H8Cl2N2O. The highest BCUT2D eigenvalue weighted by atomic mass is 35.5. The smallest absolute Gasteiger partial charge is 0.258 e. The molecule has 0 aliphatic heterocycles. The number of carbonyl (C=O) groups excluding carboxylic acids is 1. The molecule has 0 bridgehead atoms. The number of alkyl halides is 2. The maximum Gasteiger partial charge on any atom is 0.258 e. The van der Waals surface area contributed by atoms with E-state index < -0.39 is 10.7 Å². The Labute approximate surface area is 86.1 Å². The first-order valence-corrected chi connectivity index (χ1v) is 4.48. The maximum atomic E-state index is 11.0. The lowest BCUT2D eigenvalue weighted by atomic mass is 10.3. The van der Waals surface area contributed by atoms with Gasteiger partial charge in [0, 0.05) is 6.20 Å². The quantitative estimate of drug-likeness (QED) is 0.774. The third kappa shape index (κ3) is 3.20. The van der Waals surface area contributed by atoms with Gasteiger partial charge in [-0.2, -0.15) is 0 Å². The van der Waals surface area contributed by atoms with Crippen molar-refractivity contribution in [2.24, 2.45) is 0 Å². The highest BCUT2D eigenvalue weighted by Gasteiger charge is 2.11. The standard InChI is InChI=1S/C8H8Cl2N2O/c1-5-2-3-11-6(4-5)12-8(13)7(9)10/h2-4,7H,1H3,(H,11,12,13). The lowest BCUT2D eigenvalue weighted by Crippen LogP contribution is -2.19. The third-order valence-corrected chi connectivity index (χ3v) is 1.76. The molecule has 3 nitrogen and oxygen atoms in total. The Morgan fingerprint density at radius 1 is 1.62 bits per heavy atom. The van der Waals surface area contributed by atoms with Crippen molar-refractivity contribution in [1.82, 2.24) is 4.98 Å². The van der Waals surface area contributed by atoms with E-state index in [4.69, 9.17) is 23.2 Å². The number of hydrogen-bond acceptors (Lipinski definition) is 2. The number of halogens is 2. The third-order valence-electron chi connectivity index (χ3n) is 1.36. The largest absolute Gasteiger partial charge is 0.308 e. The fourth-order valence-electron chi connectivity index (χ4n) is 0.785. The second kappa shape index (κ2) is 4.44. The number of nitrogens with zero attached hydrogens (tertiary/aromatic N) is 1. The second-order valence-corrected chi connectivity index (χ2v) is 3.60. The van der Waals surface area contributed by atoms with E-state index in [-0.39, 0.29) is 0 Å². The van der Waals surface area contributed by atoms with E-state index in [1.165, 1.54) is 0 Å². The van der Waals surface area contributed by atoms with Gasteiger partial charge < -0.3 is 5.32 Å². The molecule has 1 N–H and O–H groups in total. The molecule has 1 amide bonds. The molecule has 1 aromatic heterocycles. The Morgan fingerprint density at radius 2 is 2.31 bits per heavy atom. The molecule has 0 fully saturated rings. The lowest BCUT2D eigenvalue weighted by molar-refractivity contribution is -0.114. The molecule has 1 aromatic rings. The van der Waals surface area contributed by atoms with Crippen LogP contribution in [0.15, 0.2) is 18.3 Å². The summed E-state index contributed by atoms with van der Waals surface area (Å²) >= 11 is 10.7. The van der Waals surface area contributed by atoms with Gasteiger partial charge in [0.15, 0.2) is 4.84 Å². The Kier molecular flexibility index (Phi) is 3.51. The van der Waals surface area contributed by atoms with Gasteiger partial charge in [-0.15, -0.1) is 0 Å². The fraction of sp³-hybridized carbons (Fsp3) is 0.250. The first-order chi connectivity index (χ1) is 6.09. The molecule has 0 unspecified atom stereocenters. The van der Waals surface area contributed by atoms with Gasteiger partial charge in [0.1, 0.15) is 5.82 Å². The van der Waals surface area contributed by atoms with Crippen molar-refractivity contribution in [1.29, 1.82) is 0 Å². The van der Waals surface area contributed by atoms with Crippen LogP contribution in [-0.2, 0) is 4.79 Å². The molecule has 0 atom stereocenters. The van der Waals surface area contributed by atoms with Crippen molar-refractivity contribution in [3.63, 3.8) is 0 Å². The summed E-state index contributed by atoms with van der Waals surface area (Å²) in [5.41, 5.74) is 1.01. The number of hydrogen-bond donors (Lipinski definition) is 1. The van der Waals surface area contributed by atoms with E-state index >= 15 is 0 Å². The predicted octanol–water partition coefficient (Wildman–Crippen LogP) is 2.13. The van der Waals surface area contributed by atoms with Crippen molar-refractivity contribution in [2.75, 3.05) is 5.32 Å². The maximum absolute atomic E-state index is 11.0. The number of carbonyl (C=O) groups is 1. The molecule has 70 valence electrons. The molecule has 13 heavy (non-hydrogen) atoms. The first-order valence-electron chi connectivity index (χ1n) is 3.61. The zero-order valence-corrected chi connectivity index (χ0v) is 8.43. The van der Waals surface area contributed by atoms with Gasteiger partial charge in [-0.25, -0.2) is 4.98 Å². The Morgan fingerprint density at radius 3 is 2.85 bits per heavy atom. The van der Waals surface area contributed by atoms with Gasteiger partial charge in [0.05, 0.1) is 0 Å². The SMILES string of the molecule is Cc1ccnc(NC(=O)C(Cl)Cl)c1. The molecule has 0 spiro atoms. The number of aryl methyl sites for hydroxylation is 1. The number of amides is 1. The number of nitrogens with one attached hydrogen (secondary N) is 1. The van der Waals surface area contributed by atoms with E-state index in [1.54, 1.807) is 12.3 Å². The molecule has 5 heteroatoms. The van der Waals surface area contributed by atoms with Crippen LogP contribution >= 0.6 is 23.2 Å². The van der Waals surface area contributed by atoms with Crippen molar-refractivity contribution in [2.45, 2.75) is 11.8 Å². The van der Waals surface area contributed by atoms with Crippen molar-refractivity contribution >= 4 is 34.9 Å². The molecule has 0 aliphatic rings. The zero-order valence-electron chi connectivity index (χ0n) is 6.92. The van der Waals surface area contributed by atoms with Gasteiger partial charge >= 0.3 is 0 Å². The van der Waals surface area contributed by atoms with Gasteiger partial charge in [-0.3, -0.25) is 4.79 Å². The fourth-order valence-corrected chi connectivity index (χ4v) is 0.894. The lowest BCUT2D eigenvalue weighted by Gasteiger charge is -2.04. The predicted molar refractivity (Wildman–Crippen MR) is 53.1 cm³/mol. The highest BCUT2D eigenvalue weighted by molar-refractivity contribution is 6.54.